The first-order valence-electron chi connectivity index (χ1n) is 5.61. The lowest BCUT2D eigenvalue weighted by Crippen LogP contribution is -2.41. The van der Waals surface area contributed by atoms with Gasteiger partial charge in [-0.1, -0.05) is 6.85 Å². The van der Waals surface area contributed by atoms with E-state index in [-0.39, 0.29) is 5.75 Å². The third-order valence-corrected chi connectivity index (χ3v) is 1.64. The van der Waals surface area contributed by atoms with Crippen LogP contribution in [0.5, 0.6) is 0 Å². The van der Waals surface area contributed by atoms with Gasteiger partial charge in [-0.2, -0.15) is 11.8 Å². The Labute approximate surface area is 82.7 Å². The molecule has 0 fully saturated rings. The van der Waals surface area contributed by atoms with Crippen molar-refractivity contribution in [2.45, 2.75) is 19.8 Å². The van der Waals surface area contributed by atoms with Crippen molar-refractivity contribution in [3.8, 4) is 0 Å². The highest BCUT2D eigenvalue weighted by atomic mass is 32.2. The number of carbonyl (C=O) groups is 2. The van der Waals surface area contributed by atoms with Crippen molar-refractivity contribution in [1.82, 2.24) is 5.32 Å². The van der Waals surface area contributed by atoms with E-state index >= 15 is 0 Å². The van der Waals surface area contributed by atoms with Gasteiger partial charge in [-0.05, 0) is 5.70 Å². The van der Waals surface area contributed by atoms with E-state index in [1.54, 1.807) is 0 Å². The Bertz CT molecular complexity index is 306. The van der Waals surface area contributed by atoms with Crippen LogP contribution in [0.2, 0.25) is 0 Å². The number of rotatable bonds is 5. The minimum absolute atomic E-state index is 0.339. The Hall–Kier alpha value is -0.710. The molecule has 0 radical (unpaired) electrons. The number of carboxylic acid groups (broad SMARTS) is 1. The maximum absolute atomic E-state index is 10.7. The highest BCUT2D eigenvalue weighted by molar-refractivity contribution is 7.99. The van der Waals surface area contributed by atoms with Gasteiger partial charge in [-0.15, -0.1) is 0 Å². The Morgan fingerprint density at radius 3 is 2.92 bits per heavy atom. The number of aliphatic carboxylic acids is 1. The van der Waals surface area contributed by atoms with Gasteiger partial charge in [-0.25, -0.2) is 4.79 Å². The molecule has 0 saturated carbocycles. The maximum atomic E-state index is 10.7. The molecule has 0 aromatic rings. The van der Waals surface area contributed by atoms with Crippen molar-refractivity contribution in [2.75, 3.05) is 11.5 Å². The molecule has 0 aromatic heterocycles. The van der Waals surface area contributed by atoms with E-state index in [9.17, 15) is 9.59 Å². The molecular formula is C7H13NO3S. The van der Waals surface area contributed by atoms with Gasteiger partial charge in [0, 0.05) is 19.5 Å². The third-order valence-electron chi connectivity index (χ3n) is 0.998. The summed E-state index contributed by atoms with van der Waals surface area (Å²) in [5.74, 6) is -2.28. The molecule has 0 aromatic carbocycles. The van der Waals surface area contributed by atoms with Gasteiger partial charge in [0.15, 0.2) is 0 Å². The summed E-state index contributed by atoms with van der Waals surface area (Å²) in [7, 11) is 0. The monoisotopic (exact) mass is 196 g/mol. The third kappa shape index (κ3) is 5.01. The molecule has 2 N–H and O–H groups in total. The van der Waals surface area contributed by atoms with E-state index in [1.807, 2.05) is 0 Å². The number of thioether (sulfide) groups is 1. The summed E-state index contributed by atoms with van der Waals surface area (Å²) in [5, 5.41) is 10.8. The van der Waals surface area contributed by atoms with Crippen molar-refractivity contribution >= 4 is 23.6 Å². The van der Waals surface area contributed by atoms with Gasteiger partial charge < -0.3 is 10.4 Å². The van der Waals surface area contributed by atoms with Gasteiger partial charge in [-0.3, -0.25) is 4.79 Å². The molecule has 0 aliphatic heterocycles. The predicted molar refractivity (Wildman–Crippen MR) is 48.2 cm³/mol. The summed E-state index contributed by atoms with van der Waals surface area (Å²) in [6.07, 6.45) is 0. The summed E-state index contributed by atoms with van der Waals surface area (Å²) < 4.78 is 35.3. The van der Waals surface area contributed by atoms with Gasteiger partial charge in [0.25, 0.3) is 0 Å². The molecule has 1 amide bonds. The minimum Gasteiger partial charge on any atom is -0.480 e. The number of hydrogen-bond acceptors (Lipinski definition) is 3. The van der Waals surface area contributed by atoms with Gasteiger partial charge in [0.2, 0.25) is 5.91 Å². The fourth-order valence-corrected chi connectivity index (χ4v) is 1.02. The summed E-state index contributed by atoms with van der Waals surface area (Å²) in [5.41, 5.74) is -2.56. The van der Waals surface area contributed by atoms with Crippen molar-refractivity contribution in [1.29, 1.82) is 0 Å². The fraction of sp³-hybridized carbons (Fsp3) is 0.714. The topological polar surface area (TPSA) is 66.4 Å². The molecule has 0 rings (SSSR count). The van der Waals surface area contributed by atoms with Gasteiger partial charge >= 0.3 is 5.97 Å². The van der Waals surface area contributed by atoms with Crippen LogP contribution in [0.3, 0.4) is 0 Å². The fourth-order valence-electron chi connectivity index (χ4n) is 0.545. The van der Waals surface area contributed by atoms with Crippen LogP contribution in [0.15, 0.2) is 0 Å². The number of nitrogens with one attached hydrogen (secondary N) is 1. The average molecular weight is 196 g/mol. The lowest BCUT2D eigenvalue weighted by Gasteiger charge is -2.11. The minimum atomic E-state index is -2.85. The molecule has 0 spiro atoms. The smallest absolute Gasteiger partial charge is 0.327 e. The lowest BCUT2D eigenvalue weighted by atomic mass is 10.3. The largest absolute Gasteiger partial charge is 0.480 e. The second-order valence-electron chi connectivity index (χ2n) is 2.00. The number of amides is 1. The first-order chi connectivity index (χ1) is 7.47. The second kappa shape index (κ2) is 5.88. The van der Waals surface area contributed by atoms with Crippen molar-refractivity contribution in [2.24, 2.45) is 0 Å². The van der Waals surface area contributed by atoms with E-state index in [1.165, 1.54) is 0 Å². The van der Waals surface area contributed by atoms with E-state index < -0.39 is 30.5 Å². The Balaban J connectivity index is 4.51. The molecule has 0 bridgehead atoms. The van der Waals surface area contributed by atoms with E-state index in [0.29, 0.717) is 11.8 Å². The summed E-state index contributed by atoms with van der Waals surface area (Å²) in [6, 6.07) is -1.31. The number of carbonyl (C=O) groups excluding carboxylic acids is 1. The predicted octanol–water partition coefficient (Wildman–Crippen LogP) is 0.329. The van der Waals surface area contributed by atoms with Gasteiger partial charge in [0.05, 0.1) is 0 Å². The van der Waals surface area contributed by atoms with Crippen LogP contribution in [0.25, 0.3) is 0 Å². The molecule has 70 valence electrons. The normalized spacial score (nSPS) is 20.6. The second-order valence-corrected chi connectivity index (χ2v) is 2.83. The molecule has 0 heterocycles. The van der Waals surface area contributed by atoms with Crippen LogP contribution in [0, 0.1) is 0 Å². The first kappa shape index (κ1) is 5.11. The van der Waals surface area contributed by atoms with Crippen molar-refractivity contribution in [3.05, 3.63) is 0 Å². The molecule has 0 saturated heterocycles. The van der Waals surface area contributed by atoms with Crippen LogP contribution >= 0.6 is 11.8 Å². The van der Waals surface area contributed by atoms with Crippen molar-refractivity contribution in [3.63, 3.8) is 0 Å². The zero-order chi connectivity index (χ0) is 13.9. The maximum Gasteiger partial charge on any atom is 0.327 e. The van der Waals surface area contributed by atoms with E-state index in [0.717, 1.165) is 6.92 Å². The summed E-state index contributed by atoms with van der Waals surface area (Å²) >= 11 is 0.339. The van der Waals surface area contributed by atoms with Crippen molar-refractivity contribution < 1.29 is 21.5 Å². The van der Waals surface area contributed by atoms with Crippen LogP contribution in [0.1, 0.15) is 20.6 Å². The zero-order valence-electron chi connectivity index (χ0n) is 11.5. The molecule has 0 aliphatic carbocycles. The molecule has 4 nitrogen and oxygen atoms in total. The SMILES string of the molecule is [2H]C([2H])([2H])C([2H])([2H])SC[C@@H](NC(C)=O)C(=O)O. The van der Waals surface area contributed by atoms with Crippen LogP contribution < -0.4 is 5.32 Å². The number of carboxylic acids is 1. The Morgan fingerprint density at radius 1 is 1.83 bits per heavy atom. The molecule has 12 heavy (non-hydrogen) atoms. The average Bonchev–Trinajstić information content (AvgIpc) is 2.09. The number of hydrogen-bond donors (Lipinski definition) is 2. The van der Waals surface area contributed by atoms with Crippen LogP contribution in [0.4, 0.5) is 0 Å². The lowest BCUT2D eigenvalue weighted by molar-refractivity contribution is -0.140. The molecule has 5 heteroatoms. The summed E-state index contributed by atoms with van der Waals surface area (Å²) in [6.45, 7) is -1.73. The van der Waals surface area contributed by atoms with Crippen LogP contribution in [-0.4, -0.2) is 34.5 Å². The van der Waals surface area contributed by atoms with E-state index in [4.69, 9.17) is 12.0 Å². The molecule has 0 aliphatic rings. The highest BCUT2D eigenvalue weighted by Gasteiger charge is 2.17. The molecule has 0 unspecified atom stereocenters. The molecule has 1 atom stereocenters. The quantitative estimate of drug-likeness (QED) is 0.665. The standard InChI is InChI=1S/C7H13NO3S/c1-3-12-4-6(7(10)11)8-5(2)9/h6H,3-4H2,1-2H3,(H,8,9)(H,10,11)/t6-/m1/s1/i1D3,3D2. The van der Waals surface area contributed by atoms with Gasteiger partial charge in [0.1, 0.15) is 6.04 Å². The zero-order valence-corrected chi connectivity index (χ0v) is 7.27. The van der Waals surface area contributed by atoms with Crippen LogP contribution in [-0.2, 0) is 9.59 Å². The summed E-state index contributed by atoms with van der Waals surface area (Å²) in [4.78, 5) is 21.4. The Morgan fingerprint density at radius 2 is 2.50 bits per heavy atom. The van der Waals surface area contributed by atoms with E-state index in [2.05, 4.69) is 5.32 Å². The Kier molecular flexibility index (Phi) is 2.51. The highest BCUT2D eigenvalue weighted by Crippen LogP contribution is 2.01. The first-order valence-corrected chi connectivity index (χ1v) is 4.10. The molecular weight excluding hydrogens is 178 g/mol.